The van der Waals surface area contributed by atoms with Gasteiger partial charge in [0.25, 0.3) is 5.91 Å². The van der Waals surface area contributed by atoms with Gasteiger partial charge in [-0.2, -0.15) is 0 Å². The second-order valence-electron chi connectivity index (χ2n) is 10.7. The summed E-state index contributed by atoms with van der Waals surface area (Å²) in [5.41, 5.74) is 1.90. The molecule has 0 aliphatic heterocycles. The lowest BCUT2D eigenvalue weighted by Gasteiger charge is -2.27. The smallest absolute Gasteiger partial charge is 0.408 e. The first-order valence-corrected chi connectivity index (χ1v) is 13.5. The van der Waals surface area contributed by atoms with Gasteiger partial charge in [0.05, 0.1) is 5.69 Å². The van der Waals surface area contributed by atoms with Gasteiger partial charge < -0.3 is 24.6 Å². The van der Waals surface area contributed by atoms with Crippen LogP contribution in [0.1, 0.15) is 26.3 Å². The van der Waals surface area contributed by atoms with E-state index in [4.69, 9.17) is 9.47 Å². The maximum atomic E-state index is 13.5. The highest BCUT2D eigenvalue weighted by atomic mass is 16.6. The van der Waals surface area contributed by atoms with Crippen LogP contribution in [-0.2, 0) is 19.1 Å². The number of likely N-dealkylation sites (N-methyl/N-ethyl adjacent to an activating group) is 2. The maximum Gasteiger partial charge on any atom is 0.408 e. The normalized spacial score (nSPS) is 10.8. The second-order valence-corrected chi connectivity index (χ2v) is 10.7. The predicted molar refractivity (Wildman–Crippen MR) is 163 cm³/mol. The lowest BCUT2D eigenvalue weighted by atomic mass is 10.2. The minimum absolute atomic E-state index is 0.226. The van der Waals surface area contributed by atoms with E-state index in [1.165, 1.54) is 14.7 Å². The molecule has 3 aromatic carbocycles. The van der Waals surface area contributed by atoms with Crippen LogP contribution in [0.25, 0.3) is 0 Å². The van der Waals surface area contributed by atoms with Crippen LogP contribution in [0.2, 0.25) is 0 Å². The molecule has 10 nitrogen and oxygen atoms in total. The van der Waals surface area contributed by atoms with Crippen LogP contribution >= 0.6 is 0 Å². The van der Waals surface area contributed by atoms with Gasteiger partial charge in [-0.3, -0.25) is 19.3 Å². The van der Waals surface area contributed by atoms with E-state index < -0.39 is 24.1 Å². The first-order valence-electron chi connectivity index (χ1n) is 13.5. The minimum Gasteiger partial charge on any atom is -0.482 e. The zero-order chi connectivity index (χ0) is 30.9. The molecule has 0 saturated carbocycles. The number of hydrogen-bond donors (Lipinski definition) is 1. The number of amides is 4. The number of benzene rings is 3. The zero-order valence-electron chi connectivity index (χ0n) is 24.9. The van der Waals surface area contributed by atoms with E-state index in [9.17, 15) is 19.2 Å². The van der Waals surface area contributed by atoms with Crippen LogP contribution in [0, 0.1) is 6.92 Å². The molecule has 0 heterocycles. The topological polar surface area (TPSA) is 108 Å². The summed E-state index contributed by atoms with van der Waals surface area (Å²) in [6.07, 6.45) is -0.766. The zero-order valence-corrected chi connectivity index (χ0v) is 24.9. The summed E-state index contributed by atoms with van der Waals surface area (Å²) in [5.74, 6) is -1.03. The molecular formula is C32H38N4O6. The number of alkyl carbamates (subject to hydrolysis) is 1. The molecule has 222 valence electrons. The monoisotopic (exact) mass is 574 g/mol. The first-order chi connectivity index (χ1) is 19.9. The van der Waals surface area contributed by atoms with Gasteiger partial charge in [-0.05, 0) is 69.7 Å². The van der Waals surface area contributed by atoms with Gasteiger partial charge in [-0.15, -0.1) is 0 Å². The molecule has 0 aliphatic carbocycles. The molecule has 42 heavy (non-hydrogen) atoms. The number of carbonyl (C=O) groups is 4. The fourth-order valence-electron chi connectivity index (χ4n) is 3.92. The van der Waals surface area contributed by atoms with E-state index in [2.05, 4.69) is 5.32 Å². The summed E-state index contributed by atoms with van der Waals surface area (Å²) in [7, 11) is 3.27. The summed E-state index contributed by atoms with van der Waals surface area (Å²) in [6.45, 7) is 5.99. The Kier molecular flexibility index (Phi) is 10.7. The third-order valence-electron chi connectivity index (χ3n) is 6.17. The minimum atomic E-state index is -0.766. The van der Waals surface area contributed by atoms with Crippen molar-refractivity contribution in [1.82, 2.24) is 5.32 Å². The number of anilines is 3. The molecule has 10 heteroatoms. The van der Waals surface area contributed by atoms with Gasteiger partial charge in [0, 0.05) is 25.5 Å². The average Bonchev–Trinajstić information content (AvgIpc) is 2.96. The van der Waals surface area contributed by atoms with E-state index in [0.29, 0.717) is 5.69 Å². The molecule has 0 saturated heterocycles. The van der Waals surface area contributed by atoms with Crippen molar-refractivity contribution in [3.8, 4) is 5.75 Å². The summed E-state index contributed by atoms with van der Waals surface area (Å²) in [4.78, 5) is 56.1. The highest BCUT2D eigenvalue weighted by molar-refractivity contribution is 6.05. The highest BCUT2D eigenvalue weighted by Crippen LogP contribution is 2.29. The number of nitrogens with one attached hydrogen (secondary N) is 1. The molecule has 0 spiro atoms. The number of carbonyl (C=O) groups excluding carboxylic acids is 4. The Morgan fingerprint density at radius 1 is 0.762 bits per heavy atom. The van der Waals surface area contributed by atoms with Gasteiger partial charge in [0.2, 0.25) is 11.8 Å². The molecule has 3 rings (SSSR count). The number of para-hydroxylation sites is 3. The van der Waals surface area contributed by atoms with Crippen LogP contribution in [-0.4, -0.2) is 63.2 Å². The van der Waals surface area contributed by atoms with Crippen molar-refractivity contribution < 1.29 is 28.7 Å². The SMILES string of the molecule is Cc1cccc(N(C)C(=O)COc2ccccc2N(CC(=O)N(C)c2ccccc2)C(=O)CNC(=O)OC(C)(C)C)c1. The molecule has 1 N–H and O–H groups in total. The molecule has 0 fully saturated rings. The molecule has 0 aliphatic rings. The van der Waals surface area contributed by atoms with E-state index >= 15 is 0 Å². The molecule has 0 aromatic heterocycles. The Hall–Kier alpha value is -4.86. The van der Waals surface area contributed by atoms with Crippen molar-refractivity contribution in [1.29, 1.82) is 0 Å². The lowest BCUT2D eigenvalue weighted by Crippen LogP contribution is -2.46. The highest BCUT2D eigenvalue weighted by Gasteiger charge is 2.26. The number of ether oxygens (including phenoxy) is 2. The molecule has 3 aromatic rings. The molecule has 0 atom stereocenters. The van der Waals surface area contributed by atoms with Gasteiger partial charge in [-0.25, -0.2) is 4.79 Å². The summed E-state index contributed by atoms with van der Waals surface area (Å²) < 4.78 is 11.1. The number of hydrogen-bond acceptors (Lipinski definition) is 6. The van der Waals surface area contributed by atoms with Crippen LogP contribution < -0.4 is 24.8 Å². The summed E-state index contributed by atoms with van der Waals surface area (Å²) in [5, 5.41) is 2.45. The van der Waals surface area contributed by atoms with Crippen molar-refractivity contribution >= 4 is 40.9 Å². The number of rotatable bonds is 10. The number of nitrogens with zero attached hydrogens (tertiary/aromatic N) is 3. The Morgan fingerprint density at radius 2 is 1.38 bits per heavy atom. The van der Waals surface area contributed by atoms with Crippen molar-refractivity contribution in [3.63, 3.8) is 0 Å². The van der Waals surface area contributed by atoms with Crippen LogP contribution in [0.15, 0.2) is 78.9 Å². The Labute approximate surface area is 246 Å². The fraction of sp³-hybridized carbons (Fsp3) is 0.312. The molecule has 0 bridgehead atoms. The summed E-state index contributed by atoms with van der Waals surface area (Å²) >= 11 is 0. The summed E-state index contributed by atoms with van der Waals surface area (Å²) in [6, 6.07) is 23.1. The lowest BCUT2D eigenvalue weighted by molar-refractivity contribution is -0.122. The van der Waals surface area contributed by atoms with Crippen LogP contribution in [0.4, 0.5) is 21.9 Å². The van der Waals surface area contributed by atoms with Crippen LogP contribution in [0.5, 0.6) is 5.75 Å². The second kappa shape index (κ2) is 14.2. The molecule has 0 radical (unpaired) electrons. The third kappa shape index (κ3) is 9.09. The Morgan fingerprint density at radius 3 is 2.05 bits per heavy atom. The standard InChI is InChI=1S/C32H38N4O6/c1-23-13-12-16-25(19-23)35(6)30(39)22-41-27-18-11-10-17-26(27)36(28(37)20-33-31(40)42-32(2,3)4)21-29(38)34(5)24-14-8-7-9-15-24/h7-19H,20-22H2,1-6H3,(H,33,40). The maximum absolute atomic E-state index is 13.5. The Bertz CT molecular complexity index is 1400. The van der Waals surface area contributed by atoms with Crippen molar-refractivity contribution in [2.75, 3.05) is 48.5 Å². The van der Waals surface area contributed by atoms with E-state index in [1.807, 2.05) is 37.3 Å². The Balaban J connectivity index is 1.83. The largest absolute Gasteiger partial charge is 0.482 e. The molecule has 4 amide bonds. The van der Waals surface area contributed by atoms with Crippen molar-refractivity contribution in [3.05, 3.63) is 84.4 Å². The average molecular weight is 575 g/mol. The van der Waals surface area contributed by atoms with E-state index in [-0.39, 0.29) is 36.4 Å². The van der Waals surface area contributed by atoms with Gasteiger partial charge >= 0.3 is 6.09 Å². The van der Waals surface area contributed by atoms with Crippen LogP contribution in [0.3, 0.4) is 0 Å². The number of aryl methyl sites for hydroxylation is 1. The fourth-order valence-corrected chi connectivity index (χ4v) is 3.92. The van der Waals surface area contributed by atoms with Crippen molar-refractivity contribution in [2.24, 2.45) is 0 Å². The van der Waals surface area contributed by atoms with Crippen molar-refractivity contribution in [2.45, 2.75) is 33.3 Å². The van der Waals surface area contributed by atoms with E-state index in [0.717, 1.165) is 11.3 Å². The predicted octanol–water partition coefficient (Wildman–Crippen LogP) is 4.56. The first kappa shape index (κ1) is 31.7. The van der Waals surface area contributed by atoms with Gasteiger partial charge in [0.15, 0.2) is 6.61 Å². The third-order valence-corrected chi connectivity index (χ3v) is 6.17. The quantitative estimate of drug-likeness (QED) is 0.381. The van der Waals surface area contributed by atoms with E-state index in [1.54, 1.807) is 83.4 Å². The van der Waals surface area contributed by atoms with Gasteiger partial charge in [-0.1, -0.05) is 42.5 Å². The molecular weight excluding hydrogens is 536 g/mol. The van der Waals surface area contributed by atoms with Gasteiger partial charge in [0.1, 0.15) is 24.4 Å². The molecule has 0 unspecified atom stereocenters.